The third-order valence-corrected chi connectivity index (χ3v) is 9.81. The Labute approximate surface area is 227 Å². The highest BCUT2D eigenvalue weighted by atomic mass is 32.1. The maximum Gasteiger partial charge on any atom is 0.277 e. The number of aliphatic hydroxyl groups is 1. The zero-order valence-electron chi connectivity index (χ0n) is 22.4. The average molecular weight is 543 g/mol. The second kappa shape index (κ2) is 11.3. The molecule has 0 bridgehead atoms. The number of aliphatic hydroxyl groups excluding tert-OH is 1. The van der Waals surface area contributed by atoms with Gasteiger partial charge in [0.05, 0.1) is 31.2 Å². The van der Waals surface area contributed by atoms with Crippen LogP contribution < -0.4 is 10.6 Å². The average Bonchev–Trinajstić information content (AvgIpc) is 3.31. The summed E-state index contributed by atoms with van der Waals surface area (Å²) >= 11 is 1.50. The van der Waals surface area contributed by atoms with Crippen molar-refractivity contribution >= 4 is 28.3 Å². The van der Waals surface area contributed by atoms with Crippen molar-refractivity contribution in [3.63, 3.8) is 0 Å². The zero-order chi connectivity index (χ0) is 26.9. The van der Waals surface area contributed by atoms with Crippen molar-refractivity contribution in [1.29, 1.82) is 0 Å². The fraction of sp³-hybridized carbons (Fsp3) is 0.667. The first-order valence-corrected chi connectivity index (χ1v) is 14.4. The molecule has 3 N–H and O–H groups in total. The number of hydrogen-bond donors (Lipinski definition) is 3. The summed E-state index contributed by atoms with van der Waals surface area (Å²) in [5.41, 5.74) is 1.09. The van der Waals surface area contributed by atoms with E-state index in [2.05, 4.69) is 39.3 Å². The van der Waals surface area contributed by atoms with Crippen molar-refractivity contribution in [2.24, 2.45) is 23.2 Å². The van der Waals surface area contributed by atoms with Crippen molar-refractivity contribution in [3.8, 4) is 0 Å². The van der Waals surface area contributed by atoms with E-state index < -0.39 is 6.10 Å². The smallest absolute Gasteiger partial charge is 0.277 e. The van der Waals surface area contributed by atoms with Crippen LogP contribution >= 0.6 is 11.3 Å². The highest BCUT2D eigenvalue weighted by molar-refractivity contribution is 7.15. The summed E-state index contributed by atoms with van der Waals surface area (Å²) < 4.78 is 5.39. The number of morpholine rings is 1. The van der Waals surface area contributed by atoms with E-state index in [4.69, 9.17) is 9.72 Å². The van der Waals surface area contributed by atoms with E-state index in [1.165, 1.54) is 29.9 Å². The maximum atomic E-state index is 13.0. The molecule has 38 heavy (non-hydrogen) atoms. The highest BCUT2D eigenvalue weighted by Gasteiger charge is 2.53. The molecule has 3 aliphatic rings. The number of hydrogen-bond acceptors (Lipinski definition) is 9. The zero-order valence-corrected chi connectivity index (χ0v) is 23.2. The van der Waals surface area contributed by atoms with Gasteiger partial charge in [-0.2, -0.15) is 0 Å². The first-order chi connectivity index (χ1) is 18.3. The number of nitrogens with one attached hydrogen (secondary N) is 2. The van der Waals surface area contributed by atoms with E-state index in [1.54, 1.807) is 0 Å². The van der Waals surface area contributed by atoms with Crippen LogP contribution in [0.2, 0.25) is 0 Å². The molecule has 1 saturated carbocycles. The molecule has 0 unspecified atom stereocenters. The molecule has 10 nitrogen and oxygen atoms in total. The first-order valence-electron chi connectivity index (χ1n) is 13.6. The van der Waals surface area contributed by atoms with Gasteiger partial charge in [0.2, 0.25) is 5.91 Å². The van der Waals surface area contributed by atoms with E-state index >= 15 is 0 Å². The first kappa shape index (κ1) is 27.1. The molecule has 0 aromatic carbocycles. The number of fused-ring (bicyclic) bond motifs is 2. The van der Waals surface area contributed by atoms with Gasteiger partial charge in [-0.1, -0.05) is 20.8 Å². The molecule has 0 spiro atoms. The molecule has 11 heteroatoms. The van der Waals surface area contributed by atoms with Crippen LogP contribution in [0, 0.1) is 23.2 Å². The van der Waals surface area contributed by atoms with Gasteiger partial charge in [0.25, 0.3) is 5.91 Å². The molecule has 0 radical (unpaired) electrons. The largest absolute Gasteiger partial charge is 0.392 e. The number of rotatable bonds is 7. The number of carbonyl (C=O) groups is 2. The van der Waals surface area contributed by atoms with Crippen molar-refractivity contribution < 1.29 is 19.4 Å². The number of amides is 2. The Morgan fingerprint density at radius 1 is 1.32 bits per heavy atom. The summed E-state index contributed by atoms with van der Waals surface area (Å²) in [5, 5.41) is 18.2. The number of carbonyl (C=O) groups excluding carboxylic acids is 2. The van der Waals surface area contributed by atoms with Gasteiger partial charge in [-0.05, 0) is 36.5 Å². The Balaban J connectivity index is 1.24. The van der Waals surface area contributed by atoms with E-state index in [0.29, 0.717) is 11.7 Å². The third-order valence-electron chi connectivity index (χ3n) is 8.83. The van der Waals surface area contributed by atoms with Crippen molar-refractivity contribution in [1.82, 2.24) is 25.2 Å². The molecule has 2 aromatic rings. The number of ether oxygens (including phenoxy) is 1. The van der Waals surface area contributed by atoms with Gasteiger partial charge in [0.15, 0.2) is 5.13 Å². The van der Waals surface area contributed by atoms with Gasteiger partial charge in [0.1, 0.15) is 5.69 Å². The number of aromatic nitrogens is 3. The molecular formula is C27H38N6O4S. The lowest BCUT2D eigenvalue weighted by molar-refractivity contribution is -0.134. The van der Waals surface area contributed by atoms with Crippen molar-refractivity contribution in [3.05, 3.63) is 34.9 Å². The third kappa shape index (κ3) is 5.47. The van der Waals surface area contributed by atoms with Gasteiger partial charge < -0.3 is 15.2 Å². The lowest BCUT2D eigenvalue weighted by atomic mass is 9.53. The SMILES string of the molecule is C[C@H](C(=O)NCCN1CCOCC1)[C@H]1CC[C@@]2(C)Cc3sc(NC(=O)c4cnccn4)nc3[C@@H](C)[C@@H]2[C@H]1O. The Morgan fingerprint density at radius 2 is 2.11 bits per heavy atom. The second-order valence-electron chi connectivity index (χ2n) is 11.2. The lowest BCUT2D eigenvalue weighted by Gasteiger charge is -2.53. The summed E-state index contributed by atoms with van der Waals surface area (Å²) in [5.74, 6) is -0.702. The van der Waals surface area contributed by atoms with Gasteiger partial charge in [-0.15, -0.1) is 11.3 Å². The number of anilines is 1. The van der Waals surface area contributed by atoms with Crippen molar-refractivity contribution in [2.75, 3.05) is 44.7 Å². The van der Waals surface area contributed by atoms with Crippen LogP contribution in [0.25, 0.3) is 0 Å². The molecule has 6 atom stereocenters. The predicted molar refractivity (Wildman–Crippen MR) is 144 cm³/mol. The van der Waals surface area contributed by atoms with Crippen LogP contribution in [0.4, 0.5) is 5.13 Å². The van der Waals surface area contributed by atoms with E-state index in [-0.39, 0.29) is 46.6 Å². The lowest BCUT2D eigenvalue weighted by Crippen LogP contribution is -2.53. The summed E-state index contributed by atoms with van der Waals surface area (Å²) in [6.07, 6.45) is 6.39. The van der Waals surface area contributed by atoms with Gasteiger partial charge in [-0.3, -0.25) is 24.8 Å². The van der Waals surface area contributed by atoms with Crippen molar-refractivity contribution in [2.45, 2.75) is 52.1 Å². The molecule has 3 heterocycles. The van der Waals surface area contributed by atoms with Gasteiger partial charge >= 0.3 is 0 Å². The molecule has 1 saturated heterocycles. The molecule has 5 rings (SSSR count). The van der Waals surface area contributed by atoms with Crippen LogP contribution in [0.1, 0.15) is 60.6 Å². The molecule has 2 fully saturated rings. The Morgan fingerprint density at radius 3 is 2.84 bits per heavy atom. The summed E-state index contributed by atoms with van der Waals surface area (Å²) in [7, 11) is 0. The summed E-state index contributed by atoms with van der Waals surface area (Å²) in [6, 6.07) is 0. The van der Waals surface area contributed by atoms with E-state index in [0.717, 1.165) is 62.7 Å². The minimum absolute atomic E-state index is 0.0107. The van der Waals surface area contributed by atoms with E-state index in [1.807, 2.05) is 6.92 Å². The Hall–Kier alpha value is -2.47. The second-order valence-corrected chi connectivity index (χ2v) is 12.3. The quantitative estimate of drug-likeness (QED) is 0.486. The van der Waals surface area contributed by atoms with E-state index in [9.17, 15) is 14.7 Å². The van der Waals surface area contributed by atoms with Crippen LogP contribution in [-0.2, 0) is 16.0 Å². The minimum Gasteiger partial charge on any atom is -0.392 e. The Kier molecular flexibility index (Phi) is 8.08. The molecule has 2 aromatic heterocycles. The molecular weight excluding hydrogens is 504 g/mol. The maximum absolute atomic E-state index is 13.0. The molecule has 2 amide bonds. The Bertz CT molecular complexity index is 1140. The van der Waals surface area contributed by atoms with Gasteiger partial charge in [-0.25, -0.2) is 9.97 Å². The number of nitrogens with zero attached hydrogens (tertiary/aromatic N) is 4. The standard InChI is InChI=1S/C27H38N6O4S/c1-16(24(35)30-8-9-33-10-12-37-13-11-33)18-4-5-27(3)14-20-22(17(2)21(27)23(18)34)31-26(38-20)32-25(36)19-15-28-6-7-29-19/h6-7,15-18,21,23,34H,4-5,8-14H2,1-3H3,(H,30,35)(H,31,32,36)/t16-,17-,18+,21+,23-,27-/m0/s1. The summed E-state index contributed by atoms with van der Waals surface area (Å²) in [6.45, 7) is 11.0. The van der Waals surface area contributed by atoms with Crippen LogP contribution in [0.5, 0.6) is 0 Å². The molecule has 1 aliphatic heterocycles. The van der Waals surface area contributed by atoms with Crippen LogP contribution in [0.15, 0.2) is 18.6 Å². The topological polar surface area (TPSA) is 130 Å². The summed E-state index contributed by atoms with van der Waals surface area (Å²) in [4.78, 5) is 41.9. The molecule has 2 aliphatic carbocycles. The monoisotopic (exact) mass is 542 g/mol. The highest BCUT2D eigenvalue weighted by Crippen LogP contribution is 2.57. The van der Waals surface area contributed by atoms with Crippen LogP contribution in [0.3, 0.4) is 0 Å². The fourth-order valence-electron chi connectivity index (χ4n) is 6.69. The normalized spacial score (nSPS) is 30.1. The van der Waals surface area contributed by atoms with Gasteiger partial charge in [0, 0.05) is 55.3 Å². The number of thiazole rings is 1. The van der Waals surface area contributed by atoms with Crippen LogP contribution in [-0.4, -0.2) is 82.3 Å². The predicted octanol–water partition coefficient (Wildman–Crippen LogP) is 2.32. The molecule has 206 valence electrons. The fourth-order valence-corrected chi connectivity index (χ4v) is 7.95. The minimum atomic E-state index is -0.601.